The second-order valence-corrected chi connectivity index (χ2v) is 7.16. The van der Waals surface area contributed by atoms with Crippen molar-refractivity contribution in [3.63, 3.8) is 0 Å². The number of furan rings is 1. The van der Waals surface area contributed by atoms with E-state index in [9.17, 15) is 14.7 Å². The third kappa shape index (κ3) is 4.01. The van der Waals surface area contributed by atoms with Crippen LogP contribution >= 0.6 is 12.2 Å². The molecule has 2 aromatic carbocycles. The van der Waals surface area contributed by atoms with Crippen molar-refractivity contribution in [2.45, 2.75) is 12.5 Å². The zero-order valence-corrected chi connectivity index (χ0v) is 16.6. The quantitative estimate of drug-likeness (QED) is 0.469. The molecule has 2 N–H and O–H groups in total. The number of carbonyl (C=O) groups excluding carboxylic acids is 1. The van der Waals surface area contributed by atoms with Crippen molar-refractivity contribution in [2.75, 3.05) is 0 Å². The third-order valence-corrected chi connectivity index (χ3v) is 5.05. The molecule has 0 spiro atoms. The molecule has 1 aliphatic rings. The van der Waals surface area contributed by atoms with Crippen LogP contribution in [0, 0.1) is 0 Å². The summed E-state index contributed by atoms with van der Waals surface area (Å²) in [5.74, 6) is -0.493. The van der Waals surface area contributed by atoms with Crippen molar-refractivity contribution in [1.29, 1.82) is 0 Å². The van der Waals surface area contributed by atoms with Gasteiger partial charge in [0.15, 0.2) is 5.11 Å². The number of rotatable bonds is 6. The number of benzene rings is 2. The molecule has 6 nitrogen and oxygen atoms in total. The first kappa shape index (κ1) is 19.6. The van der Waals surface area contributed by atoms with Crippen molar-refractivity contribution in [3.05, 3.63) is 89.8 Å². The molecule has 30 heavy (non-hydrogen) atoms. The first-order chi connectivity index (χ1) is 14.5. The monoisotopic (exact) mass is 418 g/mol. The number of hydrogen-bond acceptors (Lipinski definition) is 4. The van der Waals surface area contributed by atoms with Gasteiger partial charge in [-0.3, -0.25) is 9.69 Å². The van der Waals surface area contributed by atoms with E-state index in [1.54, 1.807) is 6.07 Å². The summed E-state index contributed by atoms with van der Waals surface area (Å²) in [6.07, 6.45) is 1.68. The van der Waals surface area contributed by atoms with Gasteiger partial charge in [-0.15, -0.1) is 0 Å². The molecule has 1 fully saturated rings. The summed E-state index contributed by atoms with van der Waals surface area (Å²) in [6.45, 7) is 0. The number of nitrogens with zero attached hydrogens (tertiary/aromatic N) is 1. The van der Waals surface area contributed by atoms with E-state index in [1.165, 1.54) is 6.08 Å². The lowest BCUT2D eigenvalue weighted by molar-refractivity contribution is -0.145. The number of aliphatic carboxylic acids is 1. The Labute approximate surface area is 178 Å². The molecule has 1 aliphatic heterocycles. The van der Waals surface area contributed by atoms with Crippen molar-refractivity contribution in [2.24, 2.45) is 0 Å². The normalized spacial score (nSPS) is 16.0. The van der Waals surface area contributed by atoms with Gasteiger partial charge in [0.1, 0.15) is 23.3 Å². The smallest absolute Gasteiger partial charge is 0.327 e. The van der Waals surface area contributed by atoms with Gasteiger partial charge in [0.2, 0.25) is 0 Å². The number of thiocarbonyl (C=S) groups is 1. The number of hydrogen-bond donors (Lipinski definition) is 2. The van der Waals surface area contributed by atoms with Gasteiger partial charge in [-0.1, -0.05) is 60.7 Å². The number of amides is 1. The Morgan fingerprint density at radius 1 is 1.07 bits per heavy atom. The molecule has 1 amide bonds. The largest absolute Gasteiger partial charge is 0.480 e. The van der Waals surface area contributed by atoms with E-state index >= 15 is 0 Å². The molecule has 4 rings (SSSR count). The van der Waals surface area contributed by atoms with Gasteiger partial charge in [-0.25, -0.2) is 4.79 Å². The summed E-state index contributed by atoms with van der Waals surface area (Å²) >= 11 is 5.26. The Hall–Kier alpha value is -3.71. The predicted molar refractivity (Wildman–Crippen MR) is 116 cm³/mol. The van der Waals surface area contributed by atoms with Gasteiger partial charge in [-0.2, -0.15) is 0 Å². The SMILES string of the molecule is O=C(O)C(Cc1ccccc1)N1C(=O)C(=Cc2ccc(-c3ccccc3)o2)NC1=S. The molecule has 0 radical (unpaired) electrons. The summed E-state index contributed by atoms with van der Waals surface area (Å²) in [6, 6.07) is 21.2. The third-order valence-electron chi connectivity index (χ3n) is 4.75. The first-order valence-electron chi connectivity index (χ1n) is 9.31. The number of carboxylic acids is 1. The second-order valence-electron chi connectivity index (χ2n) is 6.78. The van der Waals surface area contributed by atoms with Gasteiger partial charge in [0.25, 0.3) is 5.91 Å². The number of carboxylic acid groups (broad SMARTS) is 1. The van der Waals surface area contributed by atoms with Crippen LogP contribution in [0.2, 0.25) is 0 Å². The number of carbonyl (C=O) groups is 2. The minimum Gasteiger partial charge on any atom is -0.480 e. The standard InChI is InChI=1S/C23H18N2O4S/c26-21-18(14-17-11-12-20(29-17)16-9-5-2-6-10-16)24-23(30)25(21)19(22(27)28)13-15-7-3-1-4-8-15/h1-12,14,19H,13H2,(H,24,30)(H,27,28). The van der Waals surface area contributed by atoms with Gasteiger partial charge < -0.3 is 14.8 Å². The lowest BCUT2D eigenvalue weighted by Gasteiger charge is -2.22. The molecule has 1 aromatic heterocycles. The Kier molecular flexibility index (Phi) is 5.45. The Bertz CT molecular complexity index is 1120. The molecule has 0 saturated carbocycles. The zero-order chi connectivity index (χ0) is 21.1. The fraction of sp³-hybridized carbons (Fsp3) is 0.0870. The van der Waals surface area contributed by atoms with E-state index < -0.39 is 17.9 Å². The van der Waals surface area contributed by atoms with Crippen LogP contribution in [0.15, 0.2) is 82.9 Å². The van der Waals surface area contributed by atoms with E-state index in [0.29, 0.717) is 11.5 Å². The van der Waals surface area contributed by atoms with Crippen LogP contribution in [0.3, 0.4) is 0 Å². The zero-order valence-electron chi connectivity index (χ0n) is 15.8. The van der Waals surface area contributed by atoms with E-state index in [-0.39, 0.29) is 17.2 Å². The average molecular weight is 418 g/mol. The summed E-state index contributed by atoms with van der Waals surface area (Å²) in [5, 5.41) is 12.6. The molecule has 7 heteroatoms. The van der Waals surface area contributed by atoms with E-state index in [4.69, 9.17) is 16.6 Å². The average Bonchev–Trinajstić information content (AvgIpc) is 3.32. The molecule has 1 atom stereocenters. The highest BCUT2D eigenvalue weighted by atomic mass is 32.1. The van der Waals surface area contributed by atoms with Crippen molar-refractivity contribution in [1.82, 2.24) is 10.2 Å². The van der Waals surface area contributed by atoms with Crippen LogP contribution in [0.5, 0.6) is 0 Å². The van der Waals surface area contributed by atoms with Crippen LogP contribution in [-0.4, -0.2) is 33.0 Å². The maximum Gasteiger partial charge on any atom is 0.327 e. The van der Waals surface area contributed by atoms with Crippen LogP contribution in [0.25, 0.3) is 17.4 Å². The molecular formula is C23H18N2O4S. The molecular weight excluding hydrogens is 400 g/mol. The van der Waals surface area contributed by atoms with E-state index in [0.717, 1.165) is 16.0 Å². The minimum absolute atomic E-state index is 0.0596. The molecule has 0 aliphatic carbocycles. The van der Waals surface area contributed by atoms with Crippen LogP contribution < -0.4 is 5.32 Å². The fourth-order valence-electron chi connectivity index (χ4n) is 3.29. The molecule has 1 unspecified atom stereocenters. The maximum atomic E-state index is 12.9. The highest BCUT2D eigenvalue weighted by molar-refractivity contribution is 7.80. The highest BCUT2D eigenvalue weighted by Crippen LogP contribution is 2.25. The molecule has 150 valence electrons. The first-order valence-corrected chi connectivity index (χ1v) is 9.72. The topological polar surface area (TPSA) is 82.8 Å². The van der Waals surface area contributed by atoms with Crippen molar-refractivity contribution < 1.29 is 19.1 Å². The second kappa shape index (κ2) is 8.34. The summed E-state index contributed by atoms with van der Waals surface area (Å²) in [7, 11) is 0. The van der Waals surface area contributed by atoms with Crippen LogP contribution in [0.4, 0.5) is 0 Å². The van der Waals surface area contributed by atoms with E-state index in [2.05, 4.69) is 5.32 Å². The van der Waals surface area contributed by atoms with Crippen molar-refractivity contribution >= 4 is 35.3 Å². The van der Waals surface area contributed by atoms with Gasteiger partial charge in [-0.05, 0) is 29.9 Å². The Morgan fingerprint density at radius 2 is 1.73 bits per heavy atom. The van der Waals surface area contributed by atoms with Crippen LogP contribution in [-0.2, 0) is 16.0 Å². The minimum atomic E-state index is -1.12. The highest BCUT2D eigenvalue weighted by Gasteiger charge is 2.39. The lowest BCUT2D eigenvalue weighted by atomic mass is 10.0. The summed E-state index contributed by atoms with van der Waals surface area (Å²) in [5.41, 5.74) is 1.89. The molecule has 2 heterocycles. The van der Waals surface area contributed by atoms with Gasteiger partial charge in [0.05, 0.1) is 0 Å². The predicted octanol–water partition coefficient (Wildman–Crippen LogP) is 3.70. The Balaban J connectivity index is 1.57. The molecule has 1 saturated heterocycles. The van der Waals surface area contributed by atoms with E-state index in [1.807, 2.05) is 66.7 Å². The van der Waals surface area contributed by atoms with Gasteiger partial charge >= 0.3 is 5.97 Å². The van der Waals surface area contributed by atoms with Crippen molar-refractivity contribution in [3.8, 4) is 11.3 Å². The summed E-state index contributed by atoms with van der Waals surface area (Å²) < 4.78 is 5.81. The number of nitrogens with one attached hydrogen (secondary N) is 1. The fourth-order valence-corrected chi connectivity index (χ4v) is 3.61. The lowest BCUT2D eigenvalue weighted by Crippen LogP contribution is -2.46. The molecule has 0 bridgehead atoms. The Morgan fingerprint density at radius 3 is 2.40 bits per heavy atom. The van der Waals surface area contributed by atoms with Gasteiger partial charge in [0, 0.05) is 18.1 Å². The maximum absolute atomic E-state index is 12.9. The molecule has 3 aromatic rings. The summed E-state index contributed by atoms with van der Waals surface area (Å²) in [4.78, 5) is 25.9. The van der Waals surface area contributed by atoms with Crippen LogP contribution in [0.1, 0.15) is 11.3 Å².